The van der Waals surface area contributed by atoms with E-state index in [2.05, 4.69) is 20.7 Å². The van der Waals surface area contributed by atoms with Crippen molar-refractivity contribution in [2.75, 3.05) is 23.9 Å². The van der Waals surface area contributed by atoms with Gasteiger partial charge in [0, 0.05) is 36.3 Å². The summed E-state index contributed by atoms with van der Waals surface area (Å²) in [6.45, 7) is 2.04. The summed E-state index contributed by atoms with van der Waals surface area (Å²) in [6.07, 6.45) is 4.25. The predicted octanol–water partition coefficient (Wildman–Crippen LogP) is 2.86. The summed E-state index contributed by atoms with van der Waals surface area (Å²) < 4.78 is 6.56. The van der Waals surface area contributed by atoms with E-state index < -0.39 is 5.56 Å². The van der Waals surface area contributed by atoms with Crippen LogP contribution in [0.3, 0.4) is 0 Å². The van der Waals surface area contributed by atoms with Gasteiger partial charge in [-0.05, 0) is 49.2 Å². The van der Waals surface area contributed by atoms with Gasteiger partial charge in [0.25, 0.3) is 0 Å². The number of aromatic nitrogens is 3. The molecule has 0 atom stereocenters. The number of aryl methyl sites for hydroxylation is 2. The Hall–Kier alpha value is -3.90. The number of hydrogen-bond acceptors (Lipinski definition) is 7. The molecule has 0 bridgehead atoms. The number of benzene rings is 1. The number of nitriles is 1. The molecule has 0 aliphatic heterocycles. The lowest BCUT2D eigenvalue weighted by molar-refractivity contribution is -0.117. The summed E-state index contributed by atoms with van der Waals surface area (Å²) in [6, 6.07) is 12.6. The van der Waals surface area contributed by atoms with E-state index in [1.54, 1.807) is 31.3 Å². The Labute approximate surface area is 196 Å². The third kappa shape index (κ3) is 6.79. The number of anilines is 1. The molecular formula is C23H23ClN6O3. The molecule has 10 heteroatoms. The fourth-order valence-electron chi connectivity index (χ4n) is 3.08. The van der Waals surface area contributed by atoms with Crippen molar-refractivity contribution in [3.63, 3.8) is 0 Å². The van der Waals surface area contributed by atoms with Crippen molar-refractivity contribution in [1.29, 1.82) is 5.26 Å². The Morgan fingerprint density at radius 1 is 1.24 bits per heavy atom. The number of carbonyl (C=O) groups is 1. The van der Waals surface area contributed by atoms with E-state index in [0.717, 1.165) is 5.69 Å². The minimum absolute atomic E-state index is 0.0832. The number of halogens is 1. The normalized spacial score (nSPS) is 10.3. The van der Waals surface area contributed by atoms with E-state index in [9.17, 15) is 9.59 Å². The van der Waals surface area contributed by atoms with Crippen molar-refractivity contribution in [2.45, 2.75) is 26.2 Å². The van der Waals surface area contributed by atoms with Gasteiger partial charge in [0.1, 0.15) is 11.8 Å². The van der Waals surface area contributed by atoms with Crippen molar-refractivity contribution in [3.8, 4) is 11.8 Å². The standard InChI is InChI=1S/C23H23ClN6O3/c1-16-15-28-22(27-12-9-19-4-2-3-11-26-19)23(32)30(16)29-21(31)8-5-17-14-18(24)6-7-20(17)33-13-10-25/h2-4,6-7,11,14-15H,5,8-9,12-13H2,1H3,(H,27,28)(H,29,31). The average Bonchev–Trinajstić information content (AvgIpc) is 2.82. The zero-order chi connectivity index (χ0) is 23.6. The Balaban J connectivity index is 1.63. The topological polar surface area (TPSA) is 122 Å². The summed E-state index contributed by atoms with van der Waals surface area (Å²) in [4.78, 5) is 33.8. The van der Waals surface area contributed by atoms with Gasteiger partial charge in [0.2, 0.25) is 5.91 Å². The third-order valence-corrected chi connectivity index (χ3v) is 4.95. The van der Waals surface area contributed by atoms with Crippen LogP contribution in [0.5, 0.6) is 5.75 Å². The van der Waals surface area contributed by atoms with Gasteiger partial charge >= 0.3 is 5.56 Å². The van der Waals surface area contributed by atoms with E-state index in [0.29, 0.717) is 41.4 Å². The first-order valence-electron chi connectivity index (χ1n) is 10.3. The Bertz CT molecular complexity index is 1210. The van der Waals surface area contributed by atoms with Crippen molar-refractivity contribution >= 4 is 23.3 Å². The lowest BCUT2D eigenvalue weighted by Crippen LogP contribution is -2.36. The van der Waals surface area contributed by atoms with Gasteiger partial charge < -0.3 is 10.1 Å². The molecule has 1 aromatic carbocycles. The molecule has 0 unspecified atom stereocenters. The largest absolute Gasteiger partial charge is 0.478 e. The van der Waals surface area contributed by atoms with Crippen molar-refractivity contribution in [3.05, 3.63) is 81.1 Å². The summed E-state index contributed by atoms with van der Waals surface area (Å²) >= 11 is 6.05. The first-order valence-corrected chi connectivity index (χ1v) is 10.7. The molecule has 170 valence electrons. The summed E-state index contributed by atoms with van der Waals surface area (Å²) in [5.41, 5.74) is 4.25. The second-order valence-corrected chi connectivity index (χ2v) is 7.56. The van der Waals surface area contributed by atoms with Crippen LogP contribution in [-0.4, -0.2) is 33.7 Å². The number of carbonyl (C=O) groups excluding carboxylic acids is 1. The maximum absolute atomic E-state index is 12.8. The summed E-state index contributed by atoms with van der Waals surface area (Å²) in [5.74, 6) is 0.265. The molecule has 0 aliphatic rings. The number of rotatable bonds is 10. The van der Waals surface area contributed by atoms with E-state index in [1.807, 2.05) is 24.3 Å². The summed E-state index contributed by atoms with van der Waals surface area (Å²) in [5, 5.41) is 12.2. The Morgan fingerprint density at radius 2 is 2.09 bits per heavy atom. The number of amides is 1. The van der Waals surface area contributed by atoms with Crippen LogP contribution in [0.4, 0.5) is 5.82 Å². The highest BCUT2D eigenvalue weighted by Gasteiger charge is 2.13. The maximum atomic E-state index is 12.8. The maximum Gasteiger partial charge on any atom is 0.312 e. The van der Waals surface area contributed by atoms with Crippen LogP contribution < -0.4 is 21.0 Å². The molecule has 0 spiro atoms. The molecule has 3 aromatic rings. The number of ether oxygens (including phenoxy) is 1. The second kappa shape index (κ2) is 11.6. The predicted molar refractivity (Wildman–Crippen MR) is 125 cm³/mol. The van der Waals surface area contributed by atoms with Crippen LogP contribution >= 0.6 is 11.6 Å². The van der Waals surface area contributed by atoms with Crippen molar-refractivity contribution in [2.24, 2.45) is 0 Å². The molecule has 0 aliphatic carbocycles. The van der Waals surface area contributed by atoms with Crippen LogP contribution in [0.1, 0.15) is 23.4 Å². The third-order valence-electron chi connectivity index (χ3n) is 4.71. The Kier molecular flexibility index (Phi) is 8.38. The molecule has 0 saturated heterocycles. The average molecular weight is 467 g/mol. The molecule has 2 N–H and O–H groups in total. The molecule has 0 saturated carbocycles. The quantitative estimate of drug-likeness (QED) is 0.471. The first-order chi connectivity index (χ1) is 16.0. The van der Waals surface area contributed by atoms with E-state index >= 15 is 0 Å². The number of pyridine rings is 1. The molecule has 0 fully saturated rings. The SMILES string of the molecule is Cc1cnc(NCCc2ccccn2)c(=O)n1NC(=O)CCc1cc(Cl)ccc1OCC#N. The highest BCUT2D eigenvalue weighted by Crippen LogP contribution is 2.24. The van der Waals surface area contributed by atoms with Crippen molar-refractivity contribution < 1.29 is 9.53 Å². The molecule has 0 radical (unpaired) electrons. The van der Waals surface area contributed by atoms with Gasteiger partial charge in [-0.3, -0.25) is 20.0 Å². The zero-order valence-electron chi connectivity index (χ0n) is 18.0. The van der Waals surface area contributed by atoms with Crippen LogP contribution in [0.15, 0.2) is 53.6 Å². The molecule has 2 aromatic heterocycles. The highest BCUT2D eigenvalue weighted by molar-refractivity contribution is 6.30. The monoisotopic (exact) mass is 466 g/mol. The molecule has 9 nitrogen and oxygen atoms in total. The molecular weight excluding hydrogens is 444 g/mol. The van der Waals surface area contributed by atoms with Crippen LogP contribution in [0.2, 0.25) is 5.02 Å². The Morgan fingerprint density at radius 3 is 2.85 bits per heavy atom. The van der Waals surface area contributed by atoms with E-state index in [1.165, 1.54) is 10.9 Å². The van der Waals surface area contributed by atoms with E-state index in [-0.39, 0.29) is 24.8 Å². The lowest BCUT2D eigenvalue weighted by Gasteiger charge is -2.14. The van der Waals surface area contributed by atoms with Crippen molar-refractivity contribution in [1.82, 2.24) is 14.6 Å². The zero-order valence-corrected chi connectivity index (χ0v) is 18.8. The van der Waals surface area contributed by atoms with Crippen LogP contribution in [0, 0.1) is 18.3 Å². The lowest BCUT2D eigenvalue weighted by atomic mass is 10.1. The summed E-state index contributed by atoms with van der Waals surface area (Å²) in [7, 11) is 0. The van der Waals surface area contributed by atoms with Crippen LogP contribution in [-0.2, 0) is 17.6 Å². The minimum atomic E-state index is -0.454. The fraction of sp³-hybridized carbons (Fsp3) is 0.261. The fourth-order valence-corrected chi connectivity index (χ4v) is 3.27. The second-order valence-electron chi connectivity index (χ2n) is 7.12. The van der Waals surface area contributed by atoms with E-state index in [4.69, 9.17) is 21.6 Å². The van der Waals surface area contributed by atoms with Gasteiger partial charge in [-0.25, -0.2) is 9.66 Å². The van der Waals surface area contributed by atoms with Crippen LogP contribution in [0.25, 0.3) is 0 Å². The van der Waals surface area contributed by atoms with Gasteiger partial charge in [-0.1, -0.05) is 17.7 Å². The van der Waals surface area contributed by atoms with Gasteiger partial charge in [-0.15, -0.1) is 0 Å². The van der Waals surface area contributed by atoms with Gasteiger partial charge in [0.05, 0.1) is 11.9 Å². The molecule has 1 amide bonds. The van der Waals surface area contributed by atoms with Gasteiger partial charge in [0.15, 0.2) is 12.4 Å². The smallest absolute Gasteiger partial charge is 0.312 e. The highest BCUT2D eigenvalue weighted by atomic mass is 35.5. The molecule has 3 rings (SSSR count). The number of nitrogens with zero attached hydrogens (tertiary/aromatic N) is 4. The number of nitrogens with one attached hydrogen (secondary N) is 2. The molecule has 33 heavy (non-hydrogen) atoms. The number of hydrogen-bond donors (Lipinski definition) is 2. The first kappa shape index (κ1) is 23.8. The minimum Gasteiger partial charge on any atom is -0.478 e. The molecule has 2 heterocycles. The van der Waals surface area contributed by atoms with Gasteiger partial charge in [-0.2, -0.15) is 5.26 Å².